The minimum Gasteiger partial charge on any atom is -0.480 e. The molecule has 0 spiro atoms. The summed E-state index contributed by atoms with van der Waals surface area (Å²) in [5.41, 5.74) is 0.782. The van der Waals surface area contributed by atoms with Crippen LogP contribution in [0.5, 0.6) is 0 Å². The van der Waals surface area contributed by atoms with Gasteiger partial charge in [0.15, 0.2) is 0 Å². The maximum atomic E-state index is 11.6. The number of nitrogens with one attached hydrogen (secondary N) is 1. The van der Waals surface area contributed by atoms with Crippen molar-refractivity contribution in [2.45, 2.75) is 25.8 Å². The van der Waals surface area contributed by atoms with E-state index >= 15 is 0 Å². The third-order valence-corrected chi connectivity index (χ3v) is 2.70. The van der Waals surface area contributed by atoms with Crippen molar-refractivity contribution in [3.63, 3.8) is 0 Å². The number of carbonyl (C=O) groups is 2. The van der Waals surface area contributed by atoms with Crippen LogP contribution >= 0.6 is 11.6 Å². The Balaban J connectivity index is 2.61. The molecule has 0 saturated carbocycles. The van der Waals surface area contributed by atoms with Crippen LogP contribution in [0.15, 0.2) is 30.3 Å². The normalized spacial score (nSPS) is 12.3. The highest BCUT2D eigenvalue weighted by Gasteiger charge is 2.17. The van der Waals surface area contributed by atoms with Crippen LogP contribution in [-0.2, 0) is 9.59 Å². The lowest BCUT2D eigenvalue weighted by atomic mass is 10.1. The van der Waals surface area contributed by atoms with Crippen LogP contribution in [0, 0.1) is 0 Å². The molecule has 102 valence electrons. The van der Waals surface area contributed by atoms with Crippen LogP contribution in [0.4, 0.5) is 0 Å². The van der Waals surface area contributed by atoms with Gasteiger partial charge in [0.05, 0.1) is 0 Å². The van der Waals surface area contributed by atoms with Crippen LogP contribution in [0.2, 0.25) is 5.02 Å². The second kappa shape index (κ2) is 7.59. The molecule has 19 heavy (non-hydrogen) atoms. The van der Waals surface area contributed by atoms with Crippen LogP contribution in [0.25, 0.3) is 6.08 Å². The number of amides is 1. The van der Waals surface area contributed by atoms with E-state index in [4.69, 9.17) is 16.7 Å². The molecule has 1 rings (SSSR count). The maximum absolute atomic E-state index is 11.6. The molecular weight excluding hydrogens is 266 g/mol. The molecule has 0 aliphatic heterocycles. The zero-order valence-electron chi connectivity index (χ0n) is 10.6. The molecule has 0 radical (unpaired) electrons. The van der Waals surface area contributed by atoms with Crippen LogP contribution in [0.3, 0.4) is 0 Å². The molecule has 1 atom stereocenters. The van der Waals surface area contributed by atoms with Crippen molar-refractivity contribution in [1.82, 2.24) is 5.32 Å². The van der Waals surface area contributed by atoms with Gasteiger partial charge < -0.3 is 10.4 Å². The van der Waals surface area contributed by atoms with Crippen molar-refractivity contribution in [3.05, 3.63) is 40.9 Å². The summed E-state index contributed by atoms with van der Waals surface area (Å²) in [5.74, 6) is -1.45. The lowest BCUT2D eigenvalue weighted by Crippen LogP contribution is -2.39. The summed E-state index contributed by atoms with van der Waals surface area (Å²) >= 11 is 5.82. The highest BCUT2D eigenvalue weighted by molar-refractivity contribution is 6.30. The van der Waals surface area contributed by atoms with Crippen molar-refractivity contribution >= 4 is 29.6 Å². The predicted molar refractivity (Wildman–Crippen MR) is 75.0 cm³/mol. The summed E-state index contributed by atoms with van der Waals surface area (Å²) in [4.78, 5) is 22.5. The topological polar surface area (TPSA) is 66.4 Å². The fraction of sp³-hybridized carbons (Fsp3) is 0.286. The van der Waals surface area contributed by atoms with E-state index in [0.717, 1.165) is 5.56 Å². The van der Waals surface area contributed by atoms with Gasteiger partial charge in [0.25, 0.3) is 0 Å². The van der Waals surface area contributed by atoms with E-state index in [2.05, 4.69) is 5.32 Å². The van der Waals surface area contributed by atoms with Crippen molar-refractivity contribution in [3.8, 4) is 0 Å². The molecule has 0 heterocycles. The number of carboxylic acids is 1. The van der Waals surface area contributed by atoms with Crippen molar-refractivity contribution < 1.29 is 14.7 Å². The van der Waals surface area contributed by atoms with E-state index in [0.29, 0.717) is 17.9 Å². The van der Waals surface area contributed by atoms with Gasteiger partial charge in [-0.2, -0.15) is 0 Å². The van der Waals surface area contributed by atoms with Crippen LogP contribution in [0.1, 0.15) is 25.3 Å². The summed E-state index contributed by atoms with van der Waals surface area (Å²) in [7, 11) is 0. The first kappa shape index (κ1) is 15.2. The number of hydrogen-bond donors (Lipinski definition) is 2. The number of rotatable bonds is 6. The molecule has 1 amide bonds. The van der Waals surface area contributed by atoms with Gasteiger partial charge in [-0.15, -0.1) is 0 Å². The molecule has 0 aliphatic carbocycles. The number of carboxylic acid groups (broad SMARTS) is 1. The van der Waals surface area contributed by atoms with Crippen LogP contribution < -0.4 is 5.32 Å². The second-order valence-electron chi connectivity index (χ2n) is 4.08. The van der Waals surface area contributed by atoms with Gasteiger partial charge in [-0.05, 0) is 30.2 Å². The maximum Gasteiger partial charge on any atom is 0.326 e. The van der Waals surface area contributed by atoms with E-state index in [9.17, 15) is 9.59 Å². The molecule has 1 aromatic carbocycles. The highest BCUT2D eigenvalue weighted by atomic mass is 35.5. The van der Waals surface area contributed by atoms with E-state index in [1.165, 1.54) is 6.08 Å². The van der Waals surface area contributed by atoms with Gasteiger partial charge in [-0.25, -0.2) is 4.79 Å². The summed E-state index contributed by atoms with van der Waals surface area (Å²) < 4.78 is 0. The molecule has 0 aromatic heterocycles. The molecule has 5 heteroatoms. The average molecular weight is 282 g/mol. The molecule has 0 aliphatic rings. The lowest BCUT2D eigenvalue weighted by Gasteiger charge is -2.11. The average Bonchev–Trinajstić information content (AvgIpc) is 2.36. The molecule has 0 saturated heterocycles. The highest BCUT2D eigenvalue weighted by Crippen LogP contribution is 2.11. The Hall–Kier alpha value is -1.81. The van der Waals surface area contributed by atoms with Gasteiger partial charge in [-0.1, -0.05) is 37.1 Å². The molecule has 4 nitrogen and oxygen atoms in total. The zero-order chi connectivity index (χ0) is 14.3. The number of hydrogen-bond acceptors (Lipinski definition) is 2. The first-order valence-corrected chi connectivity index (χ1v) is 6.37. The molecule has 0 unspecified atom stereocenters. The smallest absolute Gasteiger partial charge is 0.326 e. The first-order valence-electron chi connectivity index (χ1n) is 6.00. The molecule has 0 bridgehead atoms. The van der Waals surface area contributed by atoms with Crippen molar-refractivity contribution in [1.29, 1.82) is 0 Å². The Morgan fingerprint density at radius 2 is 2.21 bits per heavy atom. The number of benzene rings is 1. The van der Waals surface area contributed by atoms with Gasteiger partial charge >= 0.3 is 5.97 Å². The zero-order valence-corrected chi connectivity index (χ0v) is 11.4. The van der Waals surface area contributed by atoms with Gasteiger partial charge in [-0.3, -0.25) is 4.79 Å². The monoisotopic (exact) mass is 281 g/mol. The Morgan fingerprint density at radius 3 is 2.79 bits per heavy atom. The van der Waals surface area contributed by atoms with Gasteiger partial charge in [0, 0.05) is 11.1 Å². The standard InChI is InChI=1S/C14H16ClNO3/c1-2-4-12(14(18)19)16-13(17)8-7-10-5-3-6-11(15)9-10/h3,5-9,12H,2,4H2,1H3,(H,16,17)(H,18,19)/b8-7+/t12-/m1/s1. The first-order chi connectivity index (χ1) is 9.02. The Labute approximate surface area is 117 Å². The number of halogens is 1. The minimum absolute atomic E-state index is 0.409. The number of aliphatic carboxylic acids is 1. The van der Waals surface area contributed by atoms with E-state index in [1.54, 1.807) is 30.3 Å². The Kier molecular flexibility index (Phi) is 6.09. The fourth-order valence-corrected chi connectivity index (χ4v) is 1.75. The van der Waals surface area contributed by atoms with Gasteiger partial charge in [0.2, 0.25) is 5.91 Å². The predicted octanol–water partition coefficient (Wildman–Crippen LogP) is 2.72. The largest absolute Gasteiger partial charge is 0.480 e. The molecular formula is C14H16ClNO3. The quantitative estimate of drug-likeness (QED) is 0.788. The van der Waals surface area contributed by atoms with Crippen molar-refractivity contribution in [2.24, 2.45) is 0 Å². The molecule has 1 aromatic rings. The minimum atomic E-state index is -1.02. The summed E-state index contributed by atoms with van der Waals surface area (Å²) in [6.45, 7) is 1.86. The van der Waals surface area contributed by atoms with Gasteiger partial charge in [0.1, 0.15) is 6.04 Å². The molecule has 0 fully saturated rings. The fourth-order valence-electron chi connectivity index (χ4n) is 1.55. The Bertz CT molecular complexity index is 485. The van der Waals surface area contributed by atoms with E-state index in [1.807, 2.05) is 6.92 Å². The third kappa shape index (κ3) is 5.57. The second-order valence-corrected chi connectivity index (χ2v) is 4.51. The summed E-state index contributed by atoms with van der Waals surface area (Å²) in [5, 5.41) is 11.9. The summed E-state index contributed by atoms with van der Waals surface area (Å²) in [6.07, 6.45) is 3.99. The summed E-state index contributed by atoms with van der Waals surface area (Å²) in [6, 6.07) is 6.18. The third-order valence-electron chi connectivity index (χ3n) is 2.47. The SMILES string of the molecule is CCC[C@@H](NC(=O)/C=C/c1cccc(Cl)c1)C(=O)O. The Morgan fingerprint density at radius 1 is 1.47 bits per heavy atom. The van der Waals surface area contributed by atoms with E-state index < -0.39 is 17.9 Å². The molecule has 2 N–H and O–H groups in total. The van der Waals surface area contributed by atoms with E-state index in [-0.39, 0.29) is 0 Å². The number of carbonyl (C=O) groups excluding carboxylic acids is 1. The van der Waals surface area contributed by atoms with Crippen LogP contribution in [-0.4, -0.2) is 23.0 Å². The lowest BCUT2D eigenvalue weighted by molar-refractivity contribution is -0.141. The van der Waals surface area contributed by atoms with Crippen molar-refractivity contribution in [2.75, 3.05) is 0 Å².